The lowest BCUT2D eigenvalue weighted by Gasteiger charge is -2.28. The van der Waals surface area contributed by atoms with E-state index in [0.717, 1.165) is 13.0 Å². The van der Waals surface area contributed by atoms with Crippen LogP contribution >= 0.6 is 0 Å². The first-order chi connectivity index (χ1) is 10.0. The van der Waals surface area contributed by atoms with Gasteiger partial charge in [0, 0.05) is 12.2 Å². The Morgan fingerprint density at radius 3 is 2.62 bits per heavy atom. The van der Waals surface area contributed by atoms with Crippen LogP contribution in [0, 0.1) is 5.41 Å². The van der Waals surface area contributed by atoms with Crippen LogP contribution in [-0.4, -0.2) is 6.54 Å². The van der Waals surface area contributed by atoms with E-state index < -0.39 is 0 Å². The molecule has 0 aromatic rings. The van der Waals surface area contributed by atoms with Crippen molar-refractivity contribution in [3.05, 3.63) is 47.2 Å². The van der Waals surface area contributed by atoms with E-state index in [9.17, 15) is 0 Å². The number of allylic oxidation sites excluding steroid dienone is 5. The Labute approximate surface area is 131 Å². The van der Waals surface area contributed by atoms with Gasteiger partial charge in [-0.1, -0.05) is 70.4 Å². The highest BCUT2D eigenvalue weighted by Crippen LogP contribution is 2.34. The van der Waals surface area contributed by atoms with Gasteiger partial charge in [-0.15, -0.1) is 0 Å². The van der Waals surface area contributed by atoms with Gasteiger partial charge in [0.2, 0.25) is 0 Å². The minimum absolute atomic E-state index is 0.243. The predicted molar refractivity (Wildman–Crippen MR) is 95.3 cm³/mol. The maximum absolute atomic E-state index is 3.51. The summed E-state index contributed by atoms with van der Waals surface area (Å²) >= 11 is 0. The van der Waals surface area contributed by atoms with Crippen LogP contribution in [0.15, 0.2) is 47.2 Å². The molecule has 0 amide bonds. The molecule has 0 fully saturated rings. The van der Waals surface area contributed by atoms with Crippen LogP contribution in [0.3, 0.4) is 0 Å². The third-order valence-corrected chi connectivity index (χ3v) is 4.66. The maximum Gasteiger partial charge on any atom is 0.0415 e. The van der Waals surface area contributed by atoms with E-state index in [1.807, 2.05) is 0 Å². The topological polar surface area (TPSA) is 12.0 Å². The molecule has 0 atom stereocenters. The SMILES string of the molecule is CCCCC/C=C\C(C1=CC=CCN1)=C(/C)C(C)(C)CC. The number of hydrogen-bond donors (Lipinski definition) is 1. The molecule has 0 aromatic heterocycles. The van der Waals surface area contributed by atoms with Crippen molar-refractivity contribution in [2.45, 2.75) is 66.7 Å². The summed E-state index contributed by atoms with van der Waals surface area (Å²) in [7, 11) is 0. The molecule has 1 heterocycles. The highest BCUT2D eigenvalue weighted by molar-refractivity contribution is 5.46. The largest absolute Gasteiger partial charge is 0.381 e. The second kappa shape index (κ2) is 8.92. The first kappa shape index (κ1) is 17.8. The number of hydrogen-bond acceptors (Lipinski definition) is 1. The molecule has 0 saturated heterocycles. The normalized spacial score (nSPS) is 16.7. The zero-order chi connectivity index (χ0) is 15.7. The molecule has 1 rings (SSSR count). The number of unbranched alkanes of at least 4 members (excludes halogenated alkanes) is 3. The molecule has 118 valence electrons. The number of dihydropyridines is 1. The highest BCUT2D eigenvalue weighted by atomic mass is 14.9. The van der Waals surface area contributed by atoms with Crippen LogP contribution in [0.5, 0.6) is 0 Å². The van der Waals surface area contributed by atoms with Crippen molar-refractivity contribution in [3.8, 4) is 0 Å². The van der Waals surface area contributed by atoms with Gasteiger partial charge in [-0.3, -0.25) is 0 Å². The predicted octanol–water partition coefficient (Wildman–Crippen LogP) is 5.92. The molecule has 1 nitrogen and oxygen atoms in total. The first-order valence-corrected chi connectivity index (χ1v) is 8.52. The zero-order valence-electron chi connectivity index (χ0n) is 14.6. The van der Waals surface area contributed by atoms with Crippen LogP contribution in [0.4, 0.5) is 0 Å². The number of nitrogens with one attached hydrogen (secondary N) is 1. The van der Waals surface area contributed by atoms with Gasteiger partial charge in [0.05, 0.1) is 0 Å². The monoisotopic (exact) mass is 287 g/mol. The van der Waals surface area contributed by atoms with Gasteiger partial charge < -0.3 is 5.32 Å². The average Bonchev–Trinajstić information content (AvgIpc) is 2.51. The third-order valence-electron chi connectivity index (χ3n) is 4.66. The van der Waals surface area contributed by atoms with Gasteiger partial charge in [-0.25, -0.2) is 0 Å². The third kappa shape index (κ3) is 5.57. The van der Waals surface area contributed by atoms with Gasteiger partial charge in [0.25, 0.3) is 0 Å². The summed E-state index contributed by atoms with van der Waals surface area (Å²) in [6.45, 7) is 12.4. The zero-order valence-corrected chi connectivity index (χ0v) is 14.6. The van der Waals surface area contributed by atoms with Crippen molar-refractivity contribution in [2.75, 3.05) is 6.54 Å². The van der Waals surface area contributed by atoms with Gasteiger partial charge in [-0.05, 0) is 43.3 Å². The summed E-state index contributed by atoms with van der Waals surface area (Å²) in [5.41, 5.74) is 4.36. The Morgan fingerprint density at radius 1 is 1.29 bits per heavy atom. The minimum Gasteiger partial charge on any atom is -0.381 e. The lowest BCUT2D eigenvalue weighted by molar-refractivity contribution is 0.426. The fourth-order valence-corrected chi connectivity index (χ4v) is 2.41. The average molecular weight is 287 g/mol. The van der Waals surface area contributed by atoms with E-state index in [1.165, 1.54) is 42.5 Å². The van der Waals surface area contributed by atoms with Crippen molar-refractivity contribution in [2.24, 2.45) is 5.41 Å². The molecule has 0 aromatic carbocycles. The molecule has 1 heteroatoms. The molecule has 1 N–H and O–H groups in total. The fraction of sp³-hybridized carbons (Fsp3) is 0.600. The lowest BCUT2D eigenvalue weighted by atomic mass is 9.79. The molecular formula is C20H33N. The molecular weight excluding hydrogens is 254 g/mol. The van der Waals surface area contributed by atoms with Crippen molar-refractivity contribution >= 4 is 0 Å². The van der Waals surface area contributed by atoms with Crippen molar-refractivity contribution < 1.29 is 0 Å². The van der Waals surface area contributed by atoms with Crippen LogP contribution in [-0.2, 0) is 0 Å². The van der Waals surface area contributed by atoms with Crippen LogP contribution in [0.25, 0.3) is 0 Å². The molecule has 1 aliphatic heterocycles. The van der Waals surface area contributed by atoms with E-state index in [4.69, 9.17) is 0 Å². The summed E-state index contributed by atoms with van der Waals surface area (Å²) < 4.78 is 0. The van der Waals surface area contributed by atoms with Gasteiger partial charge in [0.1, 0.15) is 0 Å². The Kier molecular flexibility index (Phi) is 7.56. The summed E-state index contributed by atoms with van der Waals surface area (Å²) in [6, 6.07) is 0. The van der Waals surface area contributed by atoms with Crippen LogP contribution < -0.4 is 5.32 Å². The van der Waals surface area contributed by atoms with Crippen molar-refractivity contribution in [1.29, 1.82) is 0 Å². The standard InChI is InChI=1S/C20H33N/c1-6-8-9-10-11-14-18(17(3)20(4,5)7-2)19-15-12-13-16-21-19/h11-15,21H,6-10,16H2,1-5H3/b14-11-,18-17-. The van der Waals surface area contributed by atoms with Crippen molar-refractivity contribution in [3.63, 3.8) is 0 Å². The lowest BCUT2D eigenvalue weighted by Crippen LogP contribution is -2.21. The Morgan fingerprint density at radius 2 is 2.05 bits per heavy atom. The molecule has 1 aliphatic rings. The summed E-state index contributed by atoms with van der Waals surface area (Å²) in [5, 5.41) is 3.51. The van der Waals surface area contributed by atoms with Crippen LogP contribution in [0.2, 0.25) is 0 Å². The second-order valence-electron chi connectivity index (χ2n) is 6.56. The molecule has 0 aliphatic carbocycles. The highest BCUT2D eigenvalue weighted by Gasteiger charge is 2.21. The smallest absolute Gasteiger partial charge is 0.0415 e. The molecule has 0 unspecified atom stereocenters. The van der Waals surface area contributed by atoms with Gasteiger partial charge in [0.15, 0.2) is 0 Å². The second-order valence-corrected chi connectivity index (χ2v) is 6.56. The quantitative estimate of drug-likeness (QED) is 0.431. The van der Waals surface area contributed by atoms with Crippen LogP contribution in [0.1, 0.15) is 66.7 Å². The molecule has 0 radical (unpaired) electrons. The molecule has 0 bridgehead atoms. The Balaban J connectivity index is 2.98. The van der Waals surface area contributed by atoms with Gasteiger partial charge in [-0.2, -0.15) is 0 Å². The van der Waals surface area contributed by atoms with Gasteiger partial charge >= 0.3 is 0 Å². The maximum atomic E-state index is 3.51. The Bertz CT molecular complexity index is 433. The van der Waals surface area contributed by atoms with E-state index >= 15 is 0 Å². The van der Waals surface area contributed by atoms with Crippen molar-refractivity contribution in [1.82, 2.24) is 5.32 Å². The first-order valence-electron chi connectivity index (χ1n) is 8.52. The summed E-state index contributed by atoms with van der Waals surface area (Å²) in [6.07, 6.45) is 17.4. The molecule has 21 heavy (non-hydrogen) atoms. The summed E-state index contributed by atoms with van der Waals surface area (Å²) in [4.78, 5) is 0. The van der Waals surface area contributed by atoms with E-state index in [-0.39, 0.29) is 5.41 Å². The van der Waals surface area contributed by atoms with E-state index in [1.54, 1.807) is 0 Å². The fourth-order valence-electron chi connectivity index (χ4n) is 2.41. The Hall–Kier alpha value is -1.24. The molecule has 0 spiro atoms. The summed E-state index contributed by atoms with van der Waals surface area (Å²) in [5.74, 6) is 0. The number of rotatable bonds is 8. The van der Waals surface area contributed by atoms with E-state index in [0.29, 0.717) is 0 Å². The van der Waals surface area contributed by atoms with E-state index in [2.05, 4.69) is 70.3 Å². The minimum atomic E-state index is 0.243. The molecule has 0 saturated carbocycles.